The van der Waals surface area contributed by atoms with Crippen LogP contribution < -0.4 is 38.5 Å². The van der Waals surface area contributed by atoms with Crippen LogP contribution in [0.5, 0.6) is 0 Å². The Morgan fingerprint density at radius 3 is 2.71 bits per heavy atom. The maximum Gasteiger partial charge on any atom is 0.0707 e. The zero-order valence-corrected chi connectivity index (χ0v) is 18.5. The van der Waals surface area contributed by atoms with Gasteiger partial charge in [-0.25, -0.2) is 10.9 Å². The van der Waals surface area contributed by atoms with Crippen LogP contribution in [0.4, 0.5) is 0 Å². The van der Waals surface area contributed by atoms with Crippen molar-refractivity contribution in [3.63, 3.8) is 0 Å². The summed E-state index contributed by atoms with van der Waals surface area (Å²) < 4.78 is 0. The van der Waals surface area contributed by atoms with E-state index in [2.05, 4.69) is 47.8 Å². The van der Waals surface area contributed by atoms with Gasteiger partial charge in [0.15, 0.2) is 0 Å². The fourth-order valence-electron chi connectivity index (χ4n) is 6.42. The van der Waals surface area contributed by atoms with Crippen molar-refractivity contribution in [2.24, 2.45) is 53.0 Å². The number of hydrazine groups is 2. The van der Waals surface area contributed by atoms with Gasteiger partial charge in [-0.3, -0.25) is 16.6 Å². The molecule has 4 aliphatic carbocycles. The molecule has 0 bridgehead atoms. The first-order valence-corrected chi connectivity index (χ1v) is 12.6. The molecule has 5 rings (SSSR count). The van der Waals surface area contributed by atoms with Gasteiger partial charge in [0.2, 0.25) is 0 Å². The lowest BCUT2D eigenvalue weighted by molar-refractivity contribution is 0.367. The molecule has 160 valence electrons. The fraction of sp³-hybridized carbons (Fsp3) is 1.00. The van der Waals surface area contributed by atoms with Crippen LogP contribution in [-0.2, 0) is 0 Å². The molecule has 0 radical (unpaired) electrons. The van der Waals surface area contributed by atoms with Crippen LogP contribution in [0.25, 0.3) is 0 Å². The number of nitrogens with one attached hydrogen (secondary N) is 5. The minimum atomic E-state index is -0.0142. The van der Waals surface area contributed by atoms with Gasteiger partial charge in [0.1, 0.15) is 0 Å². The normalized spacial score (nSPS) is 56.5. The van der Waals surface area contributed by atoms with Gasteiger partial charge in [-0.1, -0.05) is 6.92 Å². The van der Waals surface area contributed by atoms with Crippen molar-refractivity contribution in [3.05, 3.63) is 0 Å². The molecular weight excluding hydrogens is 369 g/mol. The van der Waals surface area contributed by atoms with Crippen molar-refractivity contribution in [3.8, 4) is 0 Å². The molecule has 1 heterocycles. The average molecular weight is 410 g/mol. The lowest BCUT2D eigenvalue weighted by atomic mass is 10.1. The molecule has 5 fully saturated rings. The van der Waals surface area contributed by atoms with E-state index >= 15 is 0 Å². The third-order valence-corrected chi connectivity index (χ3v) is 10.9. The lowest BCUT2D eigenvalue weighted by Gasteiger charge is -2.23. The summed E-state index contributed by atoms with van der Waals surface area (Å²) in [5.74, 6) is 11.4. The Hall–Kier alpha value is 0.150. The van der Waals surface area contributed by atoms with Gasteiger partial charge in [-0.2, -0.15) is 0 Å². The van der Waals surface area contributed by atoms with E-state index < -0.39 is 0 Å². The Bertz CT molecular complexity index is 579. The largest absolute Gasteiger partial charge is 0.319 e. The van der Waals surface area contributed by atoms with Gasteiger partial charge < -0.3 is 11.1 Å². The molecule has 0 spiro atoms. The highest BCUT2D eigenvalue weighted by molar-refractivity contribution is 7.40. The molecule has 0 aromatic carbocycles. The number of hydrogen-bond donors (Lipinski definition) is 7. The molecule has 5 aliphatic rings. The minimum absolute atomic E-state index is 0.0142. The second kappa shape index (κ2) is 7.69. The van der Waals surface area contributed by atoms with E-state index in [0.29, 0.717) is 18.1 Å². The van der Waals surface area contributed by atoms with Crippen molar-refractivity contribution < 1.29 is 0 Å². The Kier molecular flexibility index (Phi) is 5.51. The van der Waals surface area contributed by atoms with Gasteiger partial charge in [-0.05, 0) is 92.5 Å². The summed E-state index contributed by atoms with van der Waals surface area (Å²) in [6.45, 7) is 5.90. The van der Waals surface area contributed by atoms with Crippen LogP contribution in [0.2, 0.25) is 0 Å². The minimum Gasteiger partial charge on any atom is -0.319 e. The lowest BCUT2D eigenvalue weighted by Crippen LogP contribution is -2.50. The van der Waals surface area contributed by atoms with Gasteiger partial charge in [-0.15, -0.1) is 8.58 Å². The number of fused-ring (bicyclic) bond motifs is 2. The predicted molar refractivity (Wildman–Crippen MR) is 116 cm³/mol. The highest BCUT2D eigenvalue weighted by Crippen LogP contribution is 2.66. The summed E-state index contributed by atoms with van der Waals surface area (Å²) in [6, 6.07) is 1.36. The first kappa shape index (κ1) is 20.1. The van der Waals surface area contributed by atoms with Crippen molar-refractivity contribution in [2.75, 3.05) is 13.6 Å². The van der Waals surface area contributed by atoms with Crippen LogP contribution in [-0.4, -0.2) is 49.3 Å². The van der Waals surface area contributed by atoms with Gasteiger partial charge in [0, 0.05) is 12.1 Å². The maximum atomic E-state index is 6.09. The molecule has 0 amide bonds. The highest BCUT2D eigenvalue weighted by Gasteiger charge is 2.62. The molecule has 14 atom stereocenters. The first-order chi connectivity index (χ1) is 13.5. The predicted octanol–water partition coefficient (Wildman–Crippen LogP) is -0.292. The first-order valence-electron chi connectivity index (χ1n) is 11.4. The number of hydrogen-bond acceptors (Lipinski definition) is 7. The van der Waals surface area contributed by atoms with Crippen molar-refractivity contribution in [2.45, 2.75) is 68.8 Å². The monoisotopic (exact) mass is 409 g/mol. The van der Waals surface area contributed by atoms with Crippen LogP contribution in [0.3, 0.4) is 0 Å². The Morgan fingerprint density at radius 2 is 1.96 bits per heavy atom. The Balaban J connectivity index is 1.23. The van der Waals surface area contributed by atoms with Crippen LogP contribution in [0.1, 0.15) is 33.1 Å². The standard InChI is InChI=1S/C20H40N7P/c1-8-11(4-10-5-12(10)20(21)25-22)16(8)18-13-6-15(13)24-9(2)26-27-17-14(7-23-3)19(17)28-18/h8-20,23-28H,4-7,21-22H2,1-3H3. The van der Waals surface area contributed by atoms with Crippen molar-refractivity contribution in [1.29, 1.82) is 0 Å². The van der Waals surface area contributed by atoms with E-state index in [1.807, 2.05) is 0 Å². The summed E-state index contributed by atoms with van der Waals surface area (Å²) >= 11 is 0. The molecule has 1 aliphatic heterocycles. The topological polar surface area (TPSA) is 112 Å². The summed E-state index contributed by atoms with van der Waals surface area (Å²) in [6.07, 6.45) is 4.35. The van der Waals surface area contributed by atoms with E-state index in [0.717, 1.165) is 68.0 Å². The van der Waals surface area contributed by atoms with Gasteiger partial charge in [0.25, 0.3) is 0 Å². The Morgan fingerprint density at radius 1 is 1.14 bits per heavy atom. The summed E-state index contributed by atoms with van der Waals surface area (Å²) in [5.41, 5.74) is 17.8. The molecule has 4 saturated carbocycles. The van der Waals surface area contributed by atoms with Gasteiger partial charge >= 0.3 is 0 Å². The van der Waals surface area contributed by atoms with E-state index in [1.54, 1.807) is 0 Å². The van der Waals surface area contributed by atoms with E-state index in [-0.39, 0.29) is 6.17 Å². The molecule has 7 nitrogen and oxygen atoms in total. The fourth-order valence-corrected chi connectivity index (χ4v) is 9.25. The second-order valence-electron chi connectivity index (χ2n) is 10.3. The maximum absolute atomic E-state index is 6.09. The van der Waals surface area contributed by atoms with Gasteiger partial charge in [0.05, 0.1) is 12.3 Å². The molecular formula is C20H40N7P. The molecule has 1 saturated heterocycles. The van der Waals surface area contributed by atoms with Crippen molar-refractivity contribution >= 4 is 8.58 Å². The van der Waals surface area contributed by atoms with Crippen LogP contribution in [0.15, 0.2) is 0 Å². The average Bonchev–Trinajstić information content (AvgIpc) is 3.51. The summed E-state index contributed by atoms with van der Waals surface area (Å²) in [4.78, 5) is 0. The van der Waals surface area contributed by atoms with Crippen molar-refractivity contribution in [1.82, 2.24) is 26.9 Å². The molecule has 8 heteroatoms. The smallest absolute Gasteiger partial charge is 0.0707 e. The third-order valence-electron chi connectivity index (χ3n) is 8.48. The molecule has 0 aromatic rings. The zero-order valence-electron chi connectivity index (χ0n) is 17.5. The molecule has 9 N–H and O–H groups in total. The number of rotatable bonds is 7. The highest BCUT2D eigenvalue weighted by atomic mass is 31.1. The van der Waals surface area contributed by atoms with E-state index in [4.69, 9.17) is 11.6 Å². The van der Waals surface area contributed by atoms with E-state index in [1.165, 1.54) is 19.3 Å². The van der Waals surface area contributed by atoms with Crippen LogP contribution in [0, 0.1) is 41.4 Å². The SMILES string of the molecule is CNCC1C2NNC(C)NC3CC3C(C3C(C)C3CC3CC3C(N)NN)PC12. The number of nitrogens with two attached hydrogens (primary N) is 2. The summed E-state index contributed by atoms with van der Waals surface area (Å²) in [7, 11) is 3.20. The summed E-state index contributed by atoms with van der Waals surface area (Å²) in [5, 5.41) is 7.23. The third kappa shape index (κ3) is 3.78. The van der Waals surface area contributed by atoms with E-state index in [9.17, 15) is 0 Å². The zero-order chi connectivity index (χ0) is 19.6. The molecule has 28 heavy (non-hydrogen) atoms. The molecule has 14 unspecified atom stereocenters. The quantitative estimate of drug-likeness (QED) is 0.134. The second-order valence-corrected chi connectivity index (χ2v) is 12.0. The molecule has 0 aromatic heterocycles. The van der Waals surface area contributed by atoms with Crippen LogP contribution >= 0.6 is 8.58 Å². The Labute approximate surface area is 171 Å².